The van der Waals surface area contributed by atoms with Gasteiger partial charge in [-0.2, -0.15) is 0 Å². The fourth-order valence-corrected chi connectivity index (χ4v) is 2.09. The third kappa shape index (κ3) is 2.40. The van der Waals surface area contributed by atoms with Crippen molar-refractivity contribution < 1.29 is 4.42 Å². The zero-order valence-electron chi connectivity index (χ0n) is 8.30. The first kappa shape index (κ1) is 10.3. The van der Waals surface area contributed by atoms with E-state index in [4.69, 9.17) is 10.2 Å². The van der Waals surface area contributed by atoms with Crippen LogP contribution in [-0.4, -0.2) is 21.7 Å². The van der Waals surface area contributed by atoms with Crippen LogP contribution in [0.2, 0.25) is 0 Å². The first-order chi connectivity index (χ1) is 7.29. The van der Waals surface area contributed by atoms with Gasteiger partial charge in [0.15, 0.2) is 0 Å². The molecule has 0 spiro atoms. The third-order valence-corrected chi connectivity index (χ3v) is 3.00. The van der Waals surface area contributed by atoms with E-state index in [0.717, 1.165) is 11.6 Å². The second-order valence-corrected chi connectivity index (χ2v) is 4.23. The van der Waals surface area contributed by atoms with Crippen molar-refractivity contribution in [2.75, 3.05) is 6.54 Å². The van der Waals surface area contributed by atoms with Gasteiger partial charge in [0, 0.05) is 6.54 Å². The van der Waals surface area contributed by atoms with Crippen molar-refractivity contribution in [1.82, 2.24) is 15.2 Å². The maximum Gasteiger partial charge on any atom is 0.209 e. The van der Waals surface area contributed by atoms with Crippen LogP contribution in [0, 0.1) is 6.92 Å². The Hall–Kier alpha value is -1.27. The Morgan fingerprint density at radius 1 is 1.67 bits per heavy atom. The quantitative estimate of drug-likeness (QED) is 0.769. The van der Waals surface area contributed by atoms with Gasteiger partial charge in [-0.05, 0) is 19.1 Å². The minimum absolute atomic E-state index is 0.0650. The summed E-state index contributed by atoms with van der Waals surface area (Å²) < 4.78 is 5.30. The van der Waals surface area contributed by atoms with E-state index in [-0.39, 0.29) is 5.25 Å². The normalized spacial score (nSPS) is 12.9. The fraction of sp³-hybridized carbons (Fsp3) is 0.333. The highest BCUT2D eigenvalue weighted by Crippen LogP contribution is 2.32. The van der Waals surface area contributed by atoms with Crippen LogP contribution in [0.3, 0.4) is 0 Å². The lowest BCUT2D eigenvalue weighted by molar-refractivity contribution is 0.507. The monoisotopic (exact) mass is 224 g/mol. The van der Waals surface area contributed by atoms with Gasteiger partial charge in [0.1, 0.15) is 11.6 Å². The predicted molar refractivity (Wildman–Crippen MR) is 57.5 cm³/mol. The van der Waals surface area contributed by atoms with Crippen LogP contribution in [-0.2, 0) is 0 Å². The SMILES string of the molecule is Cc1nc(SC(CN)c2ccco2)n[nH]1. The Kier molecular flexibility index (Phi) is 3.08. The highest BCUT2D eigenvalue weighted by molar-refractivity contribution is 7.99. The van der Waals surface area contributed by atoms with E-state index in [1.807, 2.05) is 19.1 Å². The summed E-state index contributed by atoms with van der Waals surface area (Å²) in [6.45, 7) is 2.35. The van der Waals surface area contributed by atoms with Crippen LogP contribution >= 0.6 is 11.8 Å². The van der Waals surface area contributed by atoms with Gasteiger partial charge >= 0.3 is 0 Å². The number of hydrogen-bond acceptors (Lipinski definition) is 5. The zero-order valence-corrected chi connectivity index (χ0v) is 9.12. The van der Waals surface area contributed by atoms with Gasteiger partial charge in [-0.1, -0.05) is 11.8 Å². The van der Waals surface area contributed by atoms with Crippen LogP contribution in [0.25, 0.3) is 0 Å². The molecule has 6 heteroatoms. The first-order valence-electron chi connectivity index (χ1n) is 4.58. The van der Waals surface area contributed by atoms with Gasteiger partial charge < -0.3 is 10.2 Å². The van der Waals surface area contributed by atoms with Crippen molar-refractivity contribution >= 4 is 11.8 Å². The summed E-state index contributed by atoms with van der Waals surface area (Å²) in [5, 5.41) is 7.59. The average molecular weight is 224 g/mol. The Morgan fingerprint density at radius 3 is 3.07 bits per heavy atom. The standard InChI is InChI=1S/C9H12N4OS/c1-6-11-9(13-12-6)15-8(5-10)7-3-2-4-14-7/h2-4,8H,5,10H2,1H3,(H,11,12,13). The number of nitrogens with one attached hydrogen (secondary N) is 1. The molecule has 0 aromatic carbocycles. The number of nitrogens with two attached hydrogens (primary N) is 1. The Labute approximate surface area is 91.5 Å². The molecule has 5 nitrogen and oxygen atoms in total. The molecule has 80 valence electrons. The maximum atomic E-state index is 5.67. The maximum absolute atomic E-state index is 5.67. The van der Waals surface area contributed by atoms with Gasteiger partial charge in [0.25, 0.3) is 0 Å². The van der Waals surface area contributed by atoms with Crippen molar-refractivity contribution in [3.8, 4) is 0 Å². The smallest absolute Gasteiger partial charge is 0.209 e. The lowest BCUT2D eigenvalue weighted by Crippen LogP contribution is -2.08. The summed E-state index contributed by atoms with van der Waals surface area (Å²) in [4.78, 5) is 4.21. The summed E-state index contributed by atoms with van der Waals surface area (Å²) in [6, 6.07) is 3.76. The number of aryl methyl sites for hydroxylation is 1. The fourth-order valence-electron chi connectivity index (χ4n) is 1.20. The van der Waals surface area contributed by atoms with Gasteiger partial charge in [0.2, 0.25) is 5.16 Å². The van der Waals surface area contributed by atoms with Crippen molar-refractivity contribution in [3.63, 3.8) is 0 Å². The molecule has 0 aliphatic carbocycles. The van der Waals surface area contributed by atoms with Crippen molar-refractivity contribution in [2.45, 2.75) is 17.3 Å². The summed E-state index contributed by atoms with van der Waals surface area (Å²) >= 11 is 1.50. The van der Waals surface area contributed by atoms with Gasteiger partial charge in [-0.3, -0.25) is 5.10 Å². The molecule has 0 fully saturated rings. The minimum atomic E-state index is 0.0650. The molecule has 1 atom stereocenters. The molecule has 0 radical (unpaired) electrons. The predicted octanol–water partition coefficient (Wildman–Crippen LogP) is 1.50. The molecule has 0 saturated carbocycles. The molecular weight excluding hydrogens is 212 g/mol. The zero-order chi connectivity index (χ0) is 10.7. The molecule has 0 bridgehead atoms. The van der Waals surface area contributed by atoms with E-state index in [9.17, 15) is 0 Å². The van der Waals surface area contributed by atoms with E-state index < -0.39 is 0 Å². The molecular formula is C9H12N4OS. The largest absolute Gasteiger partial charge is 0.468 e. The molecule has 0 aliphatic heterocycles. The van der Waals surface area contributed by atoms with Gasteiger partial charge in [0.05, 0.1) is 11.5 Å². The molecule has 0 amide bonds. The number of aromatic nitrogens is 3. The number of furan rings is 1. The lowest BCUT2D eigenvalue weighted by Gasteiger charge is -2.07. The average Bonchev–Trinajstić information content (AvgIpc) is 2.85. The number of nitrogens with zero attached hydrogens (tertiary/aromatic N) is 2. The Morgan fingerprint density at radius 2 is 2.53 bits per heavy atom. The van der Waals surface area contributed by atoms with Crippen LogP contribution in [0.5, 0.6) is 0 Å². The van der Waals surface area contributed by atoms with Crippen LogP contribution < -0.4 is 5.73 Å². The van der Waals surface area contributed by atoms with Gasteiger partial charge in [-0.25, -0.2) is 4.98 Å². The van der Waals surface area contributed by atoms with Crippen LogP contribution in [0.1, 0.15) is 16.8 Å². The Bertz CT molecular complexity index is 411. The molecule has 1 unspecified atom stereocenters. The number of hydrogen-bond donors (Lipinski definition) is 2. The van der Waals surface area contributed by atoms with E-state index in [1.165, 1.54) is 11.8 Å². The van der Waals surface area contributed by atoms with E-state index in [2.05, 4.69) is 15.2 Å². The van der Waals surface area contributed by atoms with Crippen LogP contribution in [0.4, 0.5) is 0 Å². The molecule has 0 saturated heterocycles. The summed E-state index contributed by atoms with van der Waals surface area (Å²) in [7, 11) is 0. The lowest BCUT2D eigenvalue weighted by atomic mass is 10.3. The third-order valence-electron chi connectivity index (χ3n) is 1.90. The molecule has 2 heterocycles. The number of H-pyrrole nitrogens is 1. The van der Waals surface area contributed by atoms with E-state index >= 15 is 0 Å². The molecule has 2 aromatic rings. The van der Waals surface area contributed by atoms with E-state index in [1.54, 1.807) is 6.26 Å². The highest BCUT2D eigenvalue weighted by atomic mass is 32.2. The van der Waals surface area contributed by atoms with Crippen molar-refractivity contribution in [2.24, 2.45) is 5.73 Å². The molecule has 0 aliphatic rings. The molecule has 2 rings (SSSR count). The summed E-state index contributed by atoms with van der Waals surface area (Å²) in [5.41, 5.74) is 5.67. The van der Waals surface area contributed by atoms with Crippen molar-refractivity contribution in [3.05, 3.63) is 30.0 Å². The topological polar surface area (TPSA) is 80.7 Å². The van der Waals surface area contributed by atoms with Crippen molar-refractivity contribution in [1.29, 1.82) is 0 Å². The first-order valence-corrected chi connectivity index (χ1v) is 5.46. The number of thioether (sulfide) groups is 1. The summed E-state index contributed by atoms with van der Waals surface area (Å²) in [5.74, 6) is 1.65. The summed E-state index contributed by atoms with van der Waals surface area (Å²) in [6.07, 6.45) is 1.64. The Balaban J connectivity index is 2.09. The van der Waals surface area contributed by atoms with E-state index in [0.29, 0.717) is 11.7 Å². The van der Waals surface area contributed by atoms with Gasteiger partial charge in [-0.15, -0.1) is 5.10 Å². The second kappa shape index (κ2) is 4.50. The molecule has 3 N–H and O–H groups in total. The minimum Gasteiger partial charge on any atom is -0.468 e. The number of rotatable bonds is 4. The molecule has 2 aromatic heterocycles. The highest BCUT2D eigenvalue weighted by Gasteiger charge is 2.16. The second-order valence-electron chi connectivity index (χ2n) is 3.06. The number of aromatic amines is 1. The molecule has 15 heavy (non-hydrogen) atoms. The van der Waals surface area contributed by atoms with Crippen LogP contribution in [0.15, 0.2) is 28.0 Å².